The molecular weight excluding hydrogens is 241 g/mol. The minimum absolute atomic E-state index is 0.127. The van der Waals surface area contributed by atoms with Gasteiger partial charge in [0.2, 0.25) is 0 Å². The van der Waals surface area contributed by atoms with Crippen LogP contribution in [0.3, 0.4) is 0 Å². The van der Waals surface area contributed by atoms with Gasteiger partial charge in [0.1, 0.15) is 0 Å². The van der Waals surface area contributed by atoms with Crippen LogP contribution >= 0.6 is 11.8 Å². The summed E-state index contributed by atoms with van der Waals surface area (Å²) in [5.41, 5.74) is -1.18. The molecule has 16 heavy (non-hydrogen) atoms. The van der Waals surface area contributed by atoms with Crippen molar-refractivity contribution in [2.75, 3.05) is 5.75 Å². The summed E-state index contributed by atoms with van der Waals surface area (Å²) in [5, 5.41) is 5.00. The van der Waals surface area contributed by atoms with Crippen LogP contribution in [0.4, 0.5) is 13.2 Å². The fraction of sp³-hybridized carbons (Fsp3) is 0.333. The highest BCUT2D eigenvalue weighted by Gasteiger charge is 2.35. The lowest BCUT2D eigenvalue weighted by Gasteiger charge is -2.02. The highest BCUT2D eigenvalue weighted by atomic mass is 32.2. The predicted molar refractivity (Wildman–Crippen MR) is 53.6 cm³/mol. The fourth-order valence-electron chi connectivity index (χ4n) is 0.866. The van der Waals surface area contributed by atoms with Crippen molar-refractivity contribution in [2.45, 2.75) is 13.1 Å². The van der Waals surface area contributed by atoms with Gasteiger partial charge in [-0.1, -0.05) is 23.6 Å². The number of H-pyrrole nitrogens is 1. The third-order valence-corrected chi connectivity index (χ3v) is 2.19. The molecule has 7 heteroatoms. The number of carbonyl (C=O) groups excluding carboxylic acids is 1. The summed E-state index contributed by atoms with van der Waals surface area (Å²) in [4.78, 5) is 10.5. The number of hydrogen-bond acceptors (Lipinski definition) is 3. The topological polar surface area (TPSA) is 45.8 Å². The zero-order valence-electron chi connectivity index (χ0n) is 8.18. The molecule has 1 aromatic heterocycles. The maximum Gasteiger partial charge on any atom is 0.434 e. The molecule has 1 rings (SSSR count). The first-order chi connectivity index (χ1) is 7.41. The molecule has 0 saturated carbocycles. The van der Waals surface area contributed by atoms with Crippen molar-refractivity contribution in [1.82, 2.24) is 10.2 Å². The molecule has 1 heterocycles. The van der Waals surface area contributed by atoms with E-state index in [9.17, 15) is 18.0 Å². The van der Waals surface area contributed by atoms with Gasteiger partial charge in [-0.15, -0.1) is 0 Å². The van der Waals surface area contributed by atoms with Crippen LogP contribution in [0.5, 0.6) is 0 Å². The Kier molecular flexibility index (Phi) is 4.01. The van der Waals surface area contributed by atoms with Crippen molar-refractivity contribution >= 4 is 16.9 Å². The highest BCUT2D eigenvalue weighted by Crippen LogP contribution is 2.29. The van der Waals surface area contributed by atoms with E-state index in [2.05, 4.69) is 16.9 Å². The van der Waals surface area contributed by atoms with Gasteiger partial charge in [0.25, 0.3) is 0 Å². The summed E-state index contributed by atoms with van der Waals surface area (Å²) in [6, 6.07) is 0. The van der Waals surface area contributed by atoms with E-state index < -0.39 is 11.9 Å². The Morgan fingerprint density at radius 1 is 1.62 bits per heavy atom. The van der Waals surface area contributed by atoms with Gasteiger partial charge in [0.05, 0.1) is 17.5 Å². The SMILES string of the molecule is CC(=O)SCC#Cc1cn[nH]c1C(F)(F)F. The van der Waals surface area contributed by atoms with Crippen LogP contribution in [-0.4, -0.2) is 21.1 Å². The van der Waals surface area contributed by atoms with Gasteiger partial charge < -0.3 is 0 Å². The van der Waals surface area contributed by atoms with Crippen LogP contribution in [0.25, 0.3) is 0 Å². The number of nitrogens with zero attached hydrogens (tertiary/aromatic N) is 1. The summed E-state index contributed by atoms with van der Waals surface area (Å²) < 4.78 is 37.0. The molecule has 0 bridgehead atoms. The Morgan fingerprint density at radius 2 is 2.31 bits per heavy atom. The van der Waals surface area contributed by atoms with E-state index in [1.54, 1.807) is 0 Å². The number of halogens is 3. The Bertz CT molecular complexity index is 442. The zero-order chi connectivity index (χ0) is 12.2. The van der Waals surface area contributed by atoms with E-state index in [1.165, 1.54) is 6.92 Å². The van der Waals surface area contributed by atoms with Crippen LogP contribution < -0.4 is 0 Å². The molecule has 0 spiro atoms. The third-order valence-electron chi connectivity index (χ3n) is 1.49. The summed E-state index contributed by atoms with van der Waals surface area (Å²) in [7, 11) is 0. The monoisotopic (exact) mass is 248 g/mol. The first-order valence-electron chi connectivity index (χ1n) is 4.14. The second kappa shape index (κ2) is 5.07. The fourth-order valence-corrected chi connectivity index (χ4v) is 1.21. The molecule has 3 nitrogen and oxygen atoms in total. The molecule has 0 aliphatic heterocycles. The highest BCUT2D eigenvalue weighted by molar-refractivity contribution is 8.13. The lowest BCUT2D eigenvalue weighted by molar-refractivity contribution is -0.141. The van der Waals surface area contributed by atoms with Gasteiger partial charge in [0, 0.05) is 6.92 Å². The average Bonchev–Trinajstić information content (AvgIpc) is 2.59. The van der Waals surface area contributed by atoms with E-state index in [0.717, 1.165) is 18.0 Å². The number of alkyl halides is 3. The van der Waals surface area contributed by atoms with E-state index in [0.29, 0.717) is 0 Å². The average molecular weight is 248 g/mol. The number of carbonyl (C=O) groups is 1. The van der Waals surface area contributed by atoms with E-state index in [-0.39, 0.29) is 16.4 Å². The molecule has 0 aliphatic rings. The molecule has 0 radical (unpaired) electrons. The maximum absolute atomic E-state index is 12.3. The number of rotatable bonds is 1. The molecule has 0 fully saturated rings. The van der Waals surface area contributed by atoms with Crippen molar-refractivity contribution in [3.63, 3.8) is 0 Å². The largest absolute Gasteiger partial charge is 0.434 e. The summed E-state index contributed by atoms with van der Waals surface area (Å²) in [6.45, 7) is 1.37. The molecule has 1 N–H and O–H groups in total. The molecule has 0 amide bonds. The van der Waals surface area contributed by atoms with Crippen LogP contribution in [0.1, 0.15) is 18.2 Å². The van der Waals surface area contributed by atoms with E-state index >= 15 is 0 Å². The molecule has 86 valence electrons. The van der Waals surface area contributed by atoms with Gasteiger partial charge in [-0.25, -0.2) is 0 Å². The Hall–Kier alpha value is -1.42. The summed E-state index contributed by atoms with van der Waals surface area (Å²) >= 11 is 0.942. The van der Waals surface area contributed by atoms with Gasteiger partial charge in [0.15, 0.2) is 10.8 Å². The van der Waals surface area contributed by atoms with Gasteiger partial charge >= 0.3 is 6.18 Å². The number of aromatic nitrogens is 2. The van der Waals surface area contributed by atoms with Crippen LogP contribution in [-0.2, 0) is 11.0 Å². The first kappa shape index (κ1) is 12.6. The van der Waals surface area contributed by atoms with Crippen molar-refractivity contribution in [2.24, 2.45) is 0 Å². The van der Waals surface area contributed by atoms with Gasteiger partial charge in [-0.3, -0.25) is 9.89 Å². The molecule has 0 aliphatic carbocycles. The minimum atomic E-state index is -4.49. The molecule has 0 unspecified atom stereocenters. The number of thioether (sulfide) groups is 1. The number of aromatic amines is 1. The predicted octanol–water partition coefficient (Wildman–Crippen LogP) is 2.06. The quantitative estimate of drug-likeness (QED) is 0.774. The van der Waals surface area contributed by atoms with E-state index in [1.807, 2.05) is 5.10 Å². The zero-order valence-corrected chi connectivity index (χ0v) is 9.00. The first-order valence-corrected chi connectivity index (χ1v) is 5.12. The standard InChI is InChI=1S/C9H7F3N2OS/c1-6(15)16-4-2-3-7-5-13-14-8(7)9(10,11)12/h5H,4H2,1H3,(H,13,14). The molecule has 1 aromatic rings. The lowest BCUT2D eigenvalue weighted by atomic mass is 10.2. The van der Waals surface area contributed by atoms with Gasteiger partial charge in [-0.05, 0) is 0 Å². The summed E-state index contributed by atoms with van der Waals surface area (Å²) in [5.74, 6) is 4.95. The molecule has 0 aromatic carbocycles. The minimum Gasteiger partial charge on any atom is -0.288 e. The van der Waals surface area contributed by atoms with Crippen LogP contribution in [0.2, 0.25) is 0 Å². The Labute approximate surface area is 93.8 Å². The Balaban J connectivity index is 2.74. The lowest BCUT2D eigenvalue weighted by Crippen LogP contribution is -2.07. The number of hydrogen-bond donors (Lipinski definition) is 1. The molecule has 0 saturated heterocycles. The second-order valence-electron chi connectivity index (χ2n) is 2.74. The van der Waals surface area contributed by atoms with E-state index in [4.69, 9.17) is 0 Å². The molecular formula is C9H7F3N2OS. The Morgan fingerprint density at radius 3 is 2.88 bits per heavy atom. The van der Waals surface area contributed by atoms with Crippen molar-refractivity contribution in [3.8, 4) is 11.8 Å². The van der Waals surface area contributed by atoms with Crippen molar-refractivity contribution in [3.05, 3.63) is 17.5 Å². The normalized spacial score (nSPS) is 10.8. The third kappa shape index (κ3) is 3.62. The number of nitrogens with one attached hydrogen (secondary N) is 1. The van der Waals surface area contributed by atoms with Crippen molar-refractivity contribution < 1.29 is 18.0 Å². The van der Waals surface area contributed by atoms with Crippen LogP contribution in [0.15, 0.2) is 6.20 Å². The van der Waals surface area contributed by atoms with Crippen molar-refractivity contribution in [1.29, 1.82) is 0 Å². The van der Waals surface area contributed by atoms with Gasteiger partial charge in [-0.2, -0.15) is 18.3 Å². The second-order valence-corrected chi connectivity index (χ2v) is 3.89. The van der Waals surface area contributed by atoms with Crippen LogP contribution in [0, 0.1) is 11.8 Å². The smallest absolute Gasteiger partial charge is 0.288 e. The summed E-state index contributed by atoms with van der Waals surface area (Å²) in [6.07, 6.45) is -3.48. The molecule has 0 atom stereocenters. The maximum atomic E-state index is 12.3.